The van der Waals surface area contributed by atoms with Crippen LogP contribution in [0.2, 0.25) is 0 Å². The molecule has 1 aliphatic heterocycles. The lowest BCUT2D eigenvalue weighted by molar-refractivity contribution is -0.146. The van der Waals surface area contributed by atoms with Crippen LogP contribution in [0.5, 0.6) is 5.75 Å². The van der Waals surface area contributed by atoms with Gasteiger partial charge in [-0.2, -0.15) is 0 Å². The third-order valence-electron chi connectivity index (χ3n) is 4.36. The van der Waals surface area contributed by atoms with Gasteiger partial charge in [0, 0.05) is 26.7 Å². The molecule has 0 amide bonds. The lowest BCUT2D eigenvalue weighted by Gasteiger charge is -2.33. The molecule has 1 N–H and O–H groups in total. The summed E-state index contributed by atoms with van der Waals surface area (Å²) in [6.45, 7) is 5.12. The number of carbonyl (C=O) groups excluding carboxylic acids is 1. The third kappa shape index (κ3) is 5.66. The summed E-state index contributed by atoms with van der Waals surface area (Å²) in [5.41, 5.74) is 1.15. The van der Waals surface area contributed by atoms with Crippen LogP contribution in [0.15, 0.2) is 29.3 Å². The van der Waals surface area contributed by atoms with E-state index in [-0.39, 0.29) is 11.9 Å². The summed E-state index contributed by atoms with van der Waals surface area (Å²) < 4.78 is 10.5. The minimum Gasteiger partial charge on any atom is -0.494 e. The van der Waals surface area contributed by atoms with Gasteiger partial charge in [-0.15, -0.1) is 0 Å². The van der Waals surface area contributed by atoms with Crippen molar-refractivity contribution in [2.45, 2.75) is 32.7 Å². The van der Waals surface area contributed by atoms with Crippen LogP contribution in [0.3, 0.4) is 0 Å². The average molecular weight is 347 g/mol. The molecule has 25 heavy (non-hydrogen) atoms. The number of methoxy groups -OCH3 is 1. The molecule has 6 heteroatoms. The molecular formula is C19H29N3O3. The molecule has 138 valence electrons. The van der Waals surface area contributed by atoms with Crippen LogP contribution in [-0.4, -0.2) is 50.7 Å². The zero-order valence-electron chi connectivity index (χ0n) is 15.5. The largest absolute Gasteiger partial charge is 0.494 e. The van der Waals surface area contributed by atoms with Crippen molar-refractivity contribution < 1.29 is 14.3 Å². The lowest BCUT2D eigenvalue weighted by atomic mass is 9.97. The molecule has 0 aliphatic carbocycles. The predicted molar refractivity (Wildman–Crippen MR) is 98.7 cm³/mol. The molecule has 0 spiro atoms. The fourth-order valence-electron chi connectivity index (χ4n) is 2.97. The second-order valence-electron chi connectivity index (χ2n) is 6.18. The van der Waals surface area contributed by atoms with Crippen molar-refractivity contribution in [3.05, 3.63) is 29.8 Å². The number of nitrogens with zero attached hydrogens (tertiary/aromatic N) is 2. The zero-order valence-corrected chi connectivity index (χ0v) is 15.5. The van der Waals surface area contributed by atoms with Crippen molar-refractivity contribution in [2.24, 2.45) is 10.9 Å². The first kappa shape index (κ1) is 19.1. The van der Waals surface area contributed by atoms with Gasteiger partial charge in [-0.3, -0.25) is 9.79 Å². The Morgan fingerprint density at radius 1 is 1.36 bits per heavy atom. The van der Waals surface area contributed by atoms with Crippen LogP contribution in [0.4, 0.5) is 0 Å². The molecule has 0 unspecified atom stereocenters. The van der Waals surface area contributed by atoms with Crippen LogP contribution >= 0.6 is 0 Å². The van der Waals surface area contributed by atoms with Crippen molar-refractivity contribution in [1.82, 2.24) is 10.2 Å². The van der Waals surface area contributed by atoms with E-state index in [0.29, 0.717) is 6.54 Å². The Kier molecular flexibility index (Phi) is 7.57. The summed E-state index contributed by atoms with van der Waals surface area (Å²) in [6.07, 6.45) is 2.60. The van der Waals surface area contributed by atoms with Gasteiger partial charge in [0.25, 0.3) is 0 Å². The SMILES string of the molecule is CCCOc1cccc(CNC(=NC)N2CCC(C(=O)OC)CC2)c1. The Balaban J connectivity index is 1.86. The van der Waals surface area contributed by atoms with Crippen LogP contribution in [0.25, 0.3) is 0 Å². The maximum atomic E-state index is 11.6. The number of esters is 1. The summed E-state index contributed by atoms with van der Waals surface area (Å²) in [7, 11) is 3.24. The van der Waals surface area contributed by atoms with Crippen LogP contribution in [0.1, 0.15) is 31.7 Å². The normalized spacial score (nSPS) is 15.8. The van der Waals surface area contributed by atoms with E-state index in [9.17, 15) is 4.79 Å². The molecule has 0 radical (unpaired) electrons. The van der Waals surface area contributed by atoms with E-state index < -0.39 is 0 Å². The van der Waals surface area contributed by atoms with Crippen molar-refractivity contribution in [3.8, 4) is 5.75 Å². The zero-order chi connectivity index (χ0) is 18.1. The molecule has 1 heterocycles. The highest BCUT2D eigenvalue weighted by atomic mass is 16.5. The van der Waals surface area contributed by atoms with E-state index in [1.54, 1.807) is 7.05 Å². The number of benzene rings is 1. The highest BCUT2D eigenvalue weighted by Crippen LogP contribution is 2.19. The molecule has 2 rings (SSSR count). The number of rotatable bonds is 6. The molecule has 1 aromatic rings. The van der Waals surface area contributed by atoms with Gasteiger partial charge >= 0.3 is 5.97 Å². The van der Waals surface area contributed by atoms with Gasteiger partial charge in [0.15, 0.2) is 5.96 Å². The van der Waals surface area contributed by atoms with Crippen molar-refractivity contribution >= 4 is 11.9 Å². The van der Waals surface area contributed by atoms with Gasteiger partial charge in [0.1, 0.15) is 5.75 Å². The quantitative estimate of drug-likeness (QED) is 0.486. The number of piperidine rings is 1. The van der Waals surface area contributed by atoms with Crippen molar-refractivity contribution in [3.63, 3.8) is 0 Å². The summed E-state index contributed by atoms with van der Waals surface area (Å²) in [6, 6.07) is 8.11. The molecule has 1 aromatic carbocycles. The molecule has 1 fully saturated rings. The van der Waals surface area contributed by atoms with Gasteiger partial charge in [0.2, 0.25) is 0 Å². The summed E-state index contributed by atoms with van der Waals surface area (Å²) in [4.78, 5) is 18.2. The van der Waals surface area contributed by atoms with E-state index in [4.69, 9.17) is 9.47 Å². The van der Waals surface area contributed by atoms with E-state index in [0.717, 1.165) is 56.2 Å². The first-order chi connectivity index (χ1) is 12.2. The number of ether oxygens (including phenoxy) is 2. The van der Waals surface area contributed by atoms with Crippen LogP contribution in [0, 0.1) is 5.92 Å². The van der Waals surface area contributed by atoms with Crippen molar-refractivity contribution in [1.29, 1.82) is 0 Å². The molecule has 0 aromatic heterocycles. The summed E-state index contributed by atoms with van der Waals surface area (Å²) >= 11 is 0. The van der Waals surface area contributed by atoms with Gasteiger partial charge in [-0.1, -0.05) is 19.1 Å². The molecule has 1 aliphatic rings. The van der Waals surface area contributed by atoms with E-state index >= 15 is 0 Å². The highest BCUT2D eigenvalue weighted by molar-refractivity contribution is 5.80. The Morgan fingerprint density at radius 2 is 2.12 bits per heavy atom. The molecule has 0 bridgehead atoms. The van der Waals surface area contributed by atoms with E-state index in [1.807, 2.05) is 12.1 Å². The number of nitrogens with one attached hydrogen (secondary N) is 1. The molecule has 0 atom stereocenters. The highest BCUT2D eigenvalue weighted by Gasteiger charge is 2.26. The molecule has 1 saturated heterocycles. The average Bonchev–Trinajstić information content (AvgIpc) is 2.67. The van der Waals surface area contributed by atoms with Gasteiger partial charge in [-0.05, 0) is 37.0 Å². The van der Waals surface area contributed by atoms with Gasteiger partial charge in [-0.25, -0.2) is 0 Å². The third-order valence-corrected chi connectivity index (χ3v) is 4.36. The fraction of sp³-hybridized carbons (Fsp3) is 0.579. The second kappa shape index (κ2) is 9.91. The van der Waals surface area contributed by atoms with Crippen molar-refractivity contribution in [2.75, 3.05) is 33.9 Å². The number of guanidine groups is 1. The maximum absolute atomic E-state index is 11.6. The fourth-order valence-corrected chi connectivity index (χ4v) is 2.97. The van der Waals surface area contributed by atoms with Gasteiger partial charge in [0.05, 0.1) is 19.6 Å². The Bertz CT molecular complexity index is 581. The number of carbonyl (C=O) groups is 1. The lowest BCUT2D eigenvalue weighted by Crippen LogP contribution is -2.46. The molecule has 6 nitrogen and oxygen atoms in total. The van der Waals surface area contributed by atoms with E-state index in [1.165, 1.54) is 7.11 Å². The summed E-state index contributed by atoms with van der Waals surface area (Å²) in [5.74, 6) is 1.66. The first-order valence-corrected chi connectivity index (χ1v) is 8.93. The number of aliphatic imine (C=N–C) groups is 1. The predicted octanol–water partition coefficient (Wildman–Crippen LogP) is 2.44. The standard InChI is InChI=1S/C19H29N3O3/c1-4-12-25-17-7-5-6-15(13-17)14-21-19(20-2)22-10-8-16(9-11-22)18(23)24-3/h5-7,13,16H,4,8-12,14H2,1-3H3,(H,20,21). The summed E-state index contributed by atoms with van der Waals surface area (Å²) in [5, 5.41) is 3.40. The Hall–Kier alpha value is -2.24. The monoisotopic (exact) mass is 347 g/mol. The number of hydrogen-bond donors (Lipinski definition) is 1. The second-order valence-corrected chi connectivity index (χ2v) is 6.18. The molecular weight excluding hydrogens is 318 g/mol. The Labute approximate surface area is 150 Å². The van der Waals surface area contributed by atoms with Crippen LogP contribution < -0.4 is 10.1 Å². The van der Waals surface area contributed by atoms with E-state index in [2.05, 4.69) is 34.3 Å². The smallest absolute Gasteiger partial charge is 0.308 e. The minimum atomic E-state index is -0.105. The number of hydrogen-bond acceptors (Lipinski definition) is 4. The van der Waals surface area contributed by atoms with Gasteiger partial charge < -0.3 is 19.7 Å². The topological polar surface area (TPSA) is 63.2 Å². The Morgan fingerprint density at radius 3 is 2.76 bits per heavy atom. The molecule has 0 saturated carbocycles. The first-order valence-electron chi connectivity index (χ1n) is 8.93. The number of likely N-dealkylation sites (tertiary alicyclic amines) is 1. The maximum Gasteiger partial charge on any atom is 0.308 e. The minimum absolute atomic E-state index is 0.00625. The van der Waals surface area contributed by atoms with Crippen LogP contribution in [-0.2, 0) is 16.1 Å².